The maximum Gasteiger partial charge on any atom is 0.220 e. The molecule has 0 aromatic carbocycles. The molecule has 1 fully saturated rings. The number of carbonyl (C=O) groups excluding carboxylic acids is 1. The molecule has 0 aliphatic carbocycles. The van der Waals surface area contributed by atoms with Crippen LogP contribution in [0.1, 0.15) is 17.9 Å². The Morgan fingerprint density at radius 2 is 2.29 bits per heavy atom. The Morgan fingerprint density at radius 1 is 1.50 bits per heavy atom. The van der Waals surface area contributed by atoms with Crippen LogP contribution in [0.25, 0.3) is 0 Å². The van der Waals surface area contributed by atoms with Crippen LogP contribution < -0.4 is 5.32 Å². The molecule has 0 bridgehead atoms. The molecule has 0 radical (unpaired) electrons. The molecule has 1 aliphatic rings. The Labute approximate surface area is 91.4 Å². The van der Waals surface area contributed by atoms with Crippen LogP contribution in [0.4, 0.5) is 0 Å². The number of nitrogens with one attached hydrogen (secondary N) is 1. The van der Waals surface area contributed by atoms with E-state index in [9.17, 15) is 4.79 Å². The minimum Gasteiger partial charge on any atom is -0.355 e. The van der Waals surface area contributed by atoms with Crippen LogP contribution in [0.5, 0.6) is 0 Å². The van der Waals surface area contributed by atoms with Gasteiger partial charge in [0.2, 0.25) is 5.91 Å². The molecule has 74 valence electrons. The lowest BCUT2D eigenvalue weighted by atomic mass is 10.00. The molecule has 3 nitrogen and oxygen atoms in total. The van der Waals surface area contributed by atoms with Crippen LogP contribution in [0.2, 0.25) is 10.2 Å². The van der Waals surface area contributed by atoms with E-state index in [1.807, 2.05) is 0 Å². The van der Waals surface area contributed by atoms with Gasteiger partial charge in [0.1, 0.15) is 5.15 Å². The molecule has 5 heteroatoms. The van der Waals surface area contributed by atoms with E-state index in [4.69, 9.17) is 23.2 Å². The van der Waals surface area contributed by atoms with E-state index >= 15 is 0 Å². The summed E-state index contributed by atoms with van der Waals surface area (Å²) in [5, 5.41) is 3.73. The number of pyridine rings is 1. The van der Waals surface area contributed by atoms with Crippen molar-refractivity contribution in [2.24, 2.45) is 0 Å². The van der Waals surface area contributed by atoms with Crippen LogP contribution in [-0.2, 0) is 4.79 Å². The fourth-order valence-corrected chi connectivity index (χ4v) is 1.99. The number of hydrogen-bond donors (Lipinski definition) is 1. The highest BCUT2D eigenvalue weighted by Gasteiger charge is 2.25. The molecule has 14 heavy (non-hydrogen) atoms. The topological polar surface area (TPSA) is 42.0 Å². The van der Waals surface area contributed by atoms with Gasteiger partial charge in [-0.2, -0.15) is 0 Å². The highest BCUT2D eigenvalue weighted by atomic mass is 35.5. The third-order valence-electron chi connectivity index (χ3n) is 2.27. The molecule has 1 aromatic rings. The molecule has 1 amide bonds. The lowest BCUT2D eigenvalue weighted by Gasteiger charge is -2.09. The molecule has 2 rings (SSSR count). The van der Waals surface area contributed by atoms with E-state index < -0.39 is 0 Å². The lowest BCUT2D eigenvalue weighted by molar-refractivity contribution is -0.119. The molecular weight excluding hydrogens is 223 g/mol. The second-order valence-corrected chi connectivity index (χ2v) is 4.03. The third kappa shape index (κ3) is 1.83. The summed E-state index contributed by atoms with van der Waals surface area (Å²) in [5.41, 5.74) is 0.894. The Morgan fingerprint density at radius 3 is 2.93 bits per heavy atom. The normalized spacial score (nSPS) is 21.0. The first-order chi connectivity index (χ1) is 6.66. The van der Waals surface area contributed by atoms with E-state index in [2.05, 4.69) is 10.3 Å². The van der Waals surface area contributed by atoms with Crippen LogP contribution in [0, 0.1) is 0 Å². The zero-order valence-corrected chi connectivity index (χ0v) is 8.77. The van der Waals surface area contributed by atoms with Crippen molar-refractivity contribution in [3.05, 3.63) is 28.0 Å². The molecule has 1 aromatic heterocycles. The molecule has 1 aliphatic heterocycles. The molecule has 1 saturated heterocycles. The number of nitrogens with zero attached hydrogens (tertiary/aromatic N) is 1. The highest BCUT2D eigenvalue weighted by molar-refractivity contribution is 6.32. The molecular formula is C9H8Cl2N2O. The summed E-state index contributed by atoms with van der Waals surface area (Å²) in [6.45, 7) is 0.624. The molecule has 1 unspecified atom stereocenters. The fraction of sp³-hybridized carbons (Fsp3) is 0.333. The number of carbonyl (C=O) groups is 1. The van der Waals surface area contributed by atoms with E-state index in [1.165, 1.54) is 6.20 Å². The highest BCUT2D eigenvalue weighted by Crippen LogP contribution is 2.30. The summed E-state index contributed by atoms with van der Waals surface area (Å²) in [7, 11) is 0. The summed E-state index contributed by atoms with van der Waals surface area (Å²) in [4.78, 5) is 14.9. The van der Waals surface area contributed by atoms with Crippen LogP contribution in [0.15, 0.2) is 12.3 Å². The van der Waals surface area contributed by atoms with Crippen molar-refractivity contribution in [1.82, 2.24) is 10.3 Å². The summed E-state index contributed by atoms with van der Waals surface area (Å²) in [6.07, 6.45) is 1.99. The standard InChI is InChI=1S/C9H8Cl2N2O/c10-7-4-12-8(11)2-6(7)5-1-9(14)13-3-5/h2,4-5H,1,3H2,(H,13,14). The van der Waals surface area contributed by atoms with Crippen molar-refractivity contribution < 1.29 is 4.79 Å². The maximum absolute atomic E-state index is 11.0. The Balaban J connectivity index is 2.31. The smallest absolute Gasteiger partial charge is 0.220 e. The van der Waals surface area contributed by atoms with Gasteiger partial charge in [0.05, 0.1) is 5.02 Å². The predicted octanol–water partition coefficient (Wildman–Crippen LogP) is 1.99. The fourth-order valence-electron chi connectivity index (χ4n) is 1.57. The second-order valence-electron chi connectivity index (χ2n) is 3.23. The van der Waals surface area contributed by atoms with Crippen molar-refractivity contribution in [3.8, 4) is 0 Å². The van der Waals surface area contributed by atoms with Gasteiger partial charge < -0.3 is 5.32 Å². The van der Waals surface area contributed by atoms with Gasteiger partial charge in [-0.25, -0.2) is 4.98 Å². The molecule has 1 atom stereocenters. The van der Waals surface area contributed by atoms with Crippen molar-refractivity contribution in [1.29, 1.82) is 0 Å². The Kier molecular flexibility index (Phi) is 2.61. The SMILES string of the molecule is O=C1CC(c2cc(Cl)ncc2Cl)CN1. The zero-order valence-electron chi connectivity index (χ0n) is 7.26. The summed E-state index contributed by atoms with van der Waals surface area (Å²) in [5.74, 6) is 0.175. The van der Waals surface area contributed by atoms with Gasteiger partial charge in [-0.05, 0) is 11.6 Å². The molecule has 1 N–H and O–H groups in total. The first-order valence-corrected chi connectivity index (χ1v) is 5.00. The monoisotopic (exact) mass is 230 g/mol. The number of hydrogen-bond acceptors (Lipinski definition) is 2. The van der Waals surface area contributed by atoms with Crippen molar-refractivity contribution >= 4 is 29.1 Å². The van der Waals surface area contributed by atoms with Crippen LogP contribution in [0.3, 0.4) is 0 Å². The minimum atomic E-state index is 0.0546. The van der Waals surface area contributed by atoms with Gasteiger partial charge in [-0.15, -0.1) is 0 Å². The summed E-state index contributed by atoms with van der Waals surface area (Å²) < 4.78 is 0. The second kappa shape index (κ2) is 3.75. The van der Waals surface area contributed by atoms with E-state index in [0.29, 0.717) is 23.1 Å². The van der Waals surface area contributed by atoms with E-state index in [-0.39, 0.29) is 11.8 Å². The molecule has 0 spiro atoms. The molecule has 2 heterocycles. The first-order valence-electron chi connectivity index (χ1n) is 4.24. The van der Waals surface area contributed by atoms with Crippen molar-refractivity contribution in [2.75, 3.05) is 6.54 Å². The summed E-state index contributed by atoms with van der Waals surface area (Å²) in [6, 6.07) is 1.72. The Bertz CT molecular complexity index is 381. The number of halogens is 2. The van der Waals surface area contributed by atoms with Gasteiger partial charge in [0.25, 0.3) is 0 Å². The van der Waals surface area contributed by atoms with Crippen molar-refractivity contribution in [3.63, 3.8) is 0 Å². The third-order valence-corrected chi connectivity index (χ3v) is 2.79. The van der Waals surface area contributed by atoms with Gasteiger partial charge in [0, 0.05) is 25.1 Å². The van der Waals surface area contributed by atoms with Gasteiger partial charge in [-0.1, -0.05) is 23.2 Å². The minimum absolute atomic E-state index is 0.0546. The van der Waals surface area contributed by atoms with Crippen molar-refractivity contribution in [2.45, 2.75) is 12.3 Å². The predicted molar refractivity (Wildman–Crippen MR) is 54.6 cm³/mol. The largest absolute Gasteiger partial charge is 0.355 e. The van der Waals surface area contributed by atoms with Gasteiger partial charge in [0.15, 0.2) is 0 Å². The van der Waals surface area contributed by atoms with E-state index in [0.717, 1.165) is 5.56 Å². The quantitative estimate of drug-likeness (QED) is 0.751. The zero-order chi connectivity index (χ0) is 10.1. The molecule has 0 saturated carbocycles. The number of rotatable bonds is 1. The average molecular weight is 231 g/mol. The Hall–Kier alpha value is -0.800. The summed E-state index contributed by atoms with van der Waals surface area (Å²) >= 11 is 11.7. The average Bonchev–Trinajstić information content (AvgIpc) is 2.56. The van der Waals surface area contributed by atoms with Gasteiger partial charge in [-0.3, -0.25) is 4.79 Å². The maximum atomic E-state index is 11.0. The van der Waals surface area contributed by atoms with Crippen LogP contribution in [-0.4, -0.2) is 17.4 Å². The lowest BCUT2D eigenvalue weighted by Crippen LogP contribution is -2.13. The van der Waals surface area contributed by atoms with E-state index in [1.54, 1.807) is 6.07 Å². The van der Waals surface area contributed by atoms with Crippen LogP contribution >= 0.6 is 23.2 Å². The van der Waals surface area contributed by atoms with Gasteiger partial charge >= 0.3 is 0 Å². The first kappa shape index (κ1) is 9.74. The number of amides is 1. The number of aromatic nitrogens is 1.